The third kappa shape index (κ3) is 16.4. The second-order valence-corrected chi connectivity index (χ2v) is 5.49. The van der Waals surface area contributed by atoms with Crippen molar-refractivity contribution >= 4 is 17.0 Å². The normalized spacial score (nSPS) is 12.2. The highest BCUT2D eigenvalue weighted by Gasteiger charge is 1.98. The van der Waals surface area contributed by atoms with E-state index in [0.29, 0.717) is 6.04 Å². The summed E-state index contributed by atoms with van der Waals surface area (Å²) in [4.78, 5) is 0. The smallest absolute Gasteiger partial charge is 0.00362 e. The minimum atomic E-state index is 0. The van der Waals surface area contributed by atoms with Gasteiger partial charge in [-0.25, -0.2) is 0 Å². The van der Waals surface area contributed by atoms with Crippen LogP contribution in [0.2, 0.25) is 0 Å². The molecule has 0 radical (unpaired) electrons. The van der Waals surface area contributed by atoms with Crippen LogP contribution in [0, 0.1) is 0 Å². The van der Waals surface area contributed by atoms with E-state index in [1.54, 1.807) is 0 Å². The molecule has 0 heterocycles. The first-order chi connectivity index (χ1) is 8.31. The van der Waals surface area contributed by atoms with Crippen LogP contribution < -0.4 is 5.73 Å². The molecule has 2 heteroatoms. The van der Waals surface area contributed by atoms with E-state index in [4.69, 9.17) is 5.73 Å². The van der Waals surface area contributed by atoms with Crippen molar-refractivity contribution in [2.24, 2.45) is 5.73 Å². The molecule has 2 N–H and O–H groups in total. The van der Waals surface area contributed by atoms with Crippen molar-refractivity contribution in [1.82, 2.24) is 0 Å². The molecule has 0 aromatic carbocycles. The van der Waals surface area contributed by atoms with Crippen molar-refractivity contribution in [3.05, 3.63) is 0 Å². The van der Waals surface area contributed by atoms with Crippen molar-refractivity contribution in [3.8, 4) is 0 Å². The average Bonchev–Trinajstić information content (AvgIpc) is 2.35. The van der Waals surface area contributed by atoms with Crippen molar-refractivity contribution < 1.29 is 0 Å². The lowest BCUT2D eigenvalue weighted by Gasteiger charge is -2.07. The molecular formula is C16H36BrN. The van der Waals surface area contributed by atoms with Crippen molar-refractivity contribution in [2.45, 2.75) is 103 Å². The van der Waals surface area contributed by atoms with E-state index in [0.717, 1.165) is 6.42 Å². The van der Waals surface area contributed by atoms with Gasteiger partial charge in [-0.2, -0.15) is 0 Å². The third-order valence-electron chi connectivity index (χ3n) is 3.70. The first kappa shape index (κ1) is 20.8. The molecule has 1 atom stereocenters. The third-order valence-corrected chi connectivity index (χ3v) is 3.70. The fourth-order valence-corrected chi connectivity index (χ4v) is 2.27. The molecule has 0 amide bonds. The van der Waals surface area contributed by atoms with Gasteiger partial charge < -0.3 is 5.73 Å². The highest BCUT2D eigenvalue weighted by Crippen LogP contribution is 2.12. The fourth-order valence-electron chi connectivity index (χ4n) is 2.27. The molecule has 0 aliphatic heterocycles. The summed E-state index contributed by atoms with van der Waals surface area (Å²) in [5.41, 5.74) is 5.89. The molecule has 0 aliphatic rings. The molecule has 0 aromatic heterocycles. The lowest BCUT2D eigenvalue weighted by molar-refractivity contribution is 0.514. The molecule has 0 saturated carbocycles. The minimum Gasteiger partial charge on any atom is -0.328 e. The monoisotopic (exact) mass is 321 g/mol. The SMILES string of the molecule is Br.CCCCCCCCCCCCCC(N)CC. The first-order valence-corrected chi connectivity index (χ1v) is 8.06. The van der Waals surface area contributed by atoms with Crippen LogP contribution in [0.5, 0.6) is 0 Å². The van der Waals surface area contributed by atoms with Crippen LogP contribution >= 0.6 is 17.0 Å². The minimum absolute atomic E-state index is 0. The van der Waals surface area contributed by atoms with Gasteiger partial charge in [0, 0.05) is 6.04 Å². The van der Waals surface area contributed by atoms with Crippen LogP contribution in [0.1, 0.15) is 97.3 Å². The van der Waals surface area contributed by atoms with Crippen LogP contribution in [-0.4, -0.2) is 6.04 Å². The Morgan fingerprint density at radius 1 is 0.667 bits per heavy atom. The van der Waals surface area contributed by atoms with E-state index >= 15 is 0 Å². The lowest BCUT2D eigenvalue weighted by atomic mass is 10.0. The standard InChI is InChI=1S/C16H35N.BrH/c1-3-5-6-7-8-9-10-11-12-13-14-15-16(17)4-2;/h16H,3-15,17H2,1-2H3;1H. The number of halogens is 1. The Kier molecular flexibility index (Phi) is 20.1. The van der Waals surface area contributed by atoms with Gasteiger partial charge in [0.15, 0.2) is 0 Å². The Bertz CT molecular complexity index is 139. The van der Waals surface area contributed by atoms with Crippen LogP contribution in [0.15, 0.2) is 0 Å². The second-order valence-electron chi connectivity index (χ2n) is 5.49. The van der Waals surface area contributed by atoms with Gasteiger partial charge >= 0.3 is 0 Å². The van der Waals surface area contributed by atoms with Gasteiger partial charge in [-0.3, -0.25) is 0 Å². The Morgan fingerprint density at radius 2 is 1.06 bits per heavy atom. The average molecular weight is 322 g/mol. The summed E-state index contributed by atoms with van der Waals surface area (Å²) >= 11 is 0. The molecule has 0 aromatic rings. The predicted molar refractivity (Wildman–Crippen MR) is 89.7 cm³/mol. The molecule has 0 rings (SSSR count). The number of unbranched alkanes of at least 4 members (excludes halogenated alkanes) is 10. The molecule has 1 nitrogen and oxygen atoms in total. The lowest BCUT2D eigenvalue weighted by Crippen LogP contribution is -2.17. The Labute approximate surface area is 126 Å². The number of hydrogen-bond donors (Lipinski definition) is 1. The van der Waals surface area contributed by atoms with Gasteiger partial charge in [0.1, 0.15) is 0 Å². The van der Waals surface area contributed by atoms with Crippen LogP contribution in [0.3, 0.4) is 0 Å². The summed E-state index contributed by atoms with van der Waals surface area (Å²) in [6.07, 6.45) is 18.0. The predicted octanol–water partition coefficient (Wildman–Crippen LogP) is 6.00. The van der Waals surface area contributed by atoms with E-state index in [9.17, 15) is 0 Å². The second kappa shape index (κ2) is 17.4. The van der Waals surface area contributed by atoms with E-state index in [1.165, 1.54) is 77.0 Å². The molecule has 0 fully saturated rings. The Morgan fingerprint density at radius 3 is 1.44 bits per heavy atom. The van der Waals surface area contributed by atoms with Crippen molar-refractivity contribution in [3.63, 3.8) is 0 Å². The van der Waals surface area contributed by atoms with Crippen LogP contribution in [0.4, 0.5) is 0 Å². The maximum Gasteiger partial charge on any atom is 0.00362 e. The van der Waals surface area contributed by atoms with Crippen molar-refractivity contribution in [1.29, 1.82) is 0 Å². The molecule has 1 unspecified atom stereocenters. The summed E-state index contributed by atoms with van der Waals surface area (Å²) in [6.45, 7) is 4.47. The quantitative estimate of drug-likeness (QED) is 0.413. The Balaban J connectivity index is 0. The summed E-state index contributed by atoms with van der Waals surface area (Å²) in [5.74, 6) is 0. The summed E-state index contributed by atoms with van der Waals surface area (Å²) in [5, 5.41) is 0. The molecule has 0 spiro atoms. The van der Waals surface area contributed by atoms with E-state index in [-0.39, 0.29) is 17.0 Å². The zero-order valence-corrected chi connectivity index (χ0v) is 14.5. The summed E-state index contributed by atoms with van der Waals surface area (Å²) in [6, 6.07) is 0.452. The molecule has 112 valence electrons. The molecule has 18 heavy (non-hydrogen) atoms. The number of nitrogens with two attached hydrogens (primary N) is 1. The summed E-state index contributed by atoms with van der Waals surface area (Å²) < 4.78 is 0. The van der Waals surface area contributed by atoms with Gasteiger partial charge in [-0.15, -0.1) is 17.0 Å². The molecule has 0 saturated heterocycles. The van der Waals surface area contributed by atoms with E-state index in [1.807, 2.05) is 0 Å². The van der Waals surface area contributed by atoms with Crippen LogP contribution in [0.25, 0.3) is 0 Å². The van der Waals surface area contributed by atoms with E-state index in [2.05, 4.69) is 13.8 Å². The largest absolute Gasteiger partial charge is 0.328 e. The van der Waals surface area contributed by atoms with Crippen molar-refractivity contribution in [2.75, 3.05) is 0 Å². The van der Waals surface area contributed by atoms with Crippen LogP contribution in [-0.2, 0) is 0 Å². The van der Waals surface area contributed by atoms with Gasteiger partial charge in [0.2, 0.25) is 0 Å². The zero-order chi connectivity index (χ0) is 12.8. The van der Waals surface area contributed by atoms with Gasteiger partial charge in [-0.05, 0) is 12.8 Å². The molecule has 0 aliphatic carbocycles. The maximum absolute atomic E-state index is 5.89. The fraction of sp³-hybridized carbons (Fsp3) is 1.00. The Hall–Kier alpha value is 0.440. The highest BCUT2D eigenvalue weighted by atomic mass is 79.9. The maximum atomic E-state index is 5.89. The van der Waals surface area contributed by atoms with E-state index < -0.39 is 0 Å². The summed E-state index contributed by atoms with van der Waals surface area (Å²) in [7, 11) is 0. The number of hydrogen-bond acceptors (Lipinski definition) is 1. The molecule has 0 bridgehead atoms. The number of rotatable bonds is 13. The topological polar surface area (TPSA) is 26.0 Å². The van der Waals surface area contributed by atoms with Gasteiger partial charge in [0.25, 0.3) is 0 Å². The molecular weight excluding hydrogens is 286 g/mol. The van der Waals surface area contributed by atoms with Gasteiger partial charge in [-0.1, -0.05) is 84.5 Å². The highest BCUT2D eigenvalue weighted by molar-refractivity contribution is 8.93. The first-order valence-electron chi connectivity index (χ1n) is 8.06. The van der Waals surface area contributed by atoms with Gasteiger partial charge in [0.05, 0.1) is 0 Å². The zero-order valence-electron chi connectivity index (χ0n) is 12.8.